The fourth-order valence-corrected chi connectivity index (χ4v) is 3.39. The van der Waals surface area contributed by atoms with Crippen molar-refractivity contribution in [3.63, 3.8) is 0 Å². The molecule has 2 heterocycles. The third kappa shape index (κ3) is 4.86. The third-order valence-corrected chi connectivity index (χ3v) is 5.16. The molecule has 0 unspecified atom stereocenters. The Labute approximate surface area is 181 Å². The molecule has 1 aromatic carbocycles. The summed E-state index contributed by atoms with van der Waals surface area (Å²) in [5.74, 6) is -0.504. The molecule has 1 N–H and O–H groups in total. The number of aryl methyl sites for hydroxylation is 1. The Balaban J connectivity index is 1.67. The van der Waals surface area contributed by atoms with Crippen LogP contribution in [0.15, 0.2) is 59.3 Å². The number of nitrogens with zero attached hydrogens (tertiary/aromatic N) is 2. The first-order chi connectivity index (χ1) is 15.0. The Kier molecular flexibility index (Phi) is 6.93. The predicted octanol–water partition coefficient (Wildman–Crippen LogP) is 4.11. The van der Waals surface area contributed by atoms with E-state index in [0.717, 1.165) is 12.0 Å². The average Bonchev–Trinajstić information content (AvgIpc) is 3.42. The molecule has 0 saturated heterocycles. The monoisotopic (exact) mass is 419 g/mol. The lowest BCUT2D eigenvalue weighted by molar-refractivity contribution is -0.129. The van der Waals surface area contributed by atoms with E-state index in [9.17, 15) is 14.9 Å². The molecule has 0 aliphatic carbocycles. The zero-order chi connectivity index (χ0) is 22.4. The molecule has 0 bridgehead atoms. The zero-order valence-corrected chi connectivity index (χ0v) is 17.8. The number of carbonyl (C=O) groups is 2. The molecule has 0 aliphatic rings. The van der Waals surface area contributed by atoms with Gasteiger partial charge in [-0.1, -0.05) is 37.3 Å². The van der Waals surface area contributed by atoms with Gasteiger partial charge in [-0.2, -0.15) is 5.26 Å². The van der Waals surface area contributed by atoms with Gasteiger partial charge in [0.2, 0.25) is 5.88 Å². The molecule has 7 heteroatoms. The van der Waals surface area contributed by atoms with Crippen molar-refractivity contribution in [2.24, 2.45) is 0 Å². The molecule has 160 valence electrons. The Morgan fingerprint density at radius 2 is 1.87 bits per heavy atom. The van der Waals surface area contributed by atoms with Gasteiger partial charge in [0.1, 0.15) is 23.0 Å². The van der Waals surface area contributed by atoms with Gasteiger partial charge < -0.3 is 14.5 Å². The van der Waals surface area contributed by atoms with Crippen LogP contribution in [0, 0.1) is 18.3 Å². The number of hydrogen-bond donors (Lipinski definition) is 1. The topological polar surface area (TPSA) is 97.3 Å². The Bertz CT molecular complexity index is 1080. The second-order valence-electron chi connectivity index (χ2n) is 7.22. The maximum Gasteiger partial charge on any atom is 0.343 e. The van der Waals surface area contributed by atoms with Gasteiger partial charge in [0, 0.05) is 24.9 Å². The molecule has 1 amide bonds. The maximum absolute atomic E-state index is 12.7. The number of rotatable bonds is 8. The number of furan rings is 1. The van der Waals surface area contributed by atoms with Crippen LogP contribution in [0.3, 0.4) is 0 Å². The quantitative estimate of drug-likeness (QED) is 0.554. The van der Waals surface area contributed by atoms with Crippen molar-refractivity contribution in [1.82, 2.24) is 9.88 Å². The van der Waals surface area contributed by atoms with E-state index in [4.69, 9.17) is 9.15 Å². The molecule has 2 aromatic heterocycles. The number of ether oxygens (including phenoxy) is 1. The Morgan fingerprint density at radius 1 is 1.19 bits per heavy atom. The van der Waals surface area contributed by atoms with Crippen LogP contribution in [-0.4, -0.2) is 29.1 Å². The standard InChI is InChI=1S/C24H25N3O4/c1-4-18(19-10-6-5-7-11-19)15-26-22(28)17(3)31-24(29)21-16(2)30-23(20(21)14-25)27-12-8-9-13-27/h5-13,17-18H,4,15H2,1-3H3,(H,26,28)/t17-,18+/m1/s1. The number of nitriles is 1. The second kappa shape index (κ2) is 9.81. The average molecular weight is 419 g/mol. The highest BCUT2D eigenvalue weighted by Crippen LogP contribution is 2.26. The zero-order valence-electron chi connectivity index (χ0n) is 17.8. The molecule has 0 aliphatic heterocycles. The number of hydrogen-bond acceptors (Lipinski definition) is 5. The number of esters is 1. The maximum atomic E-state index is 12.7. The molecular weight excluding hydrogens is 394 g/mol. The molecule has 2 atom stereocenters. The van der Waals surface area contributed by atoms with Crippen LogP contribution in [-0.2, 0) is 9.53 Å². The van der Waals surface area contributed by atoms with E-state index in [1.807, 2.05) is 36.4 Å². The molecule has 0 radical (unpaired) electrons. The molecule has 3 rings (SSSR count). The number of amides is 1. The summed E-state index contributed by atoms with van der Waals surface area (Å²) in [6.45, 7) is 5.58. The normalized spacial score (nSPS) is 12.6. The Morgan fingerprint density at radius 3 is 2.48 bits per heavy atom. The number of benzene rings is 1. The summed E-state index contributed by atoms with van der Waals surface area (Å²) in [4.78, 5) is 25.2. The smallest absolute Gasteiger partial charge is 0.343 e. The minimum absolute atomic E-state index is 0.0292. The van der Waals surface area contributed by atoms with Gasteiger partial charge in [-0.05, 0) is 38.0 Å². The van der Waals surface area contributed by atoms with Gasteiger partial charge in [0.15, 0.2) is 6.10 Å². The van der Waals surface area contributed by atoms with Gasteiger partial charge in [-0.25, -0.2) is 4.79 Å². The summed E-state index contributed by atoms with van der Waals surface area (Å²) >= 11 is 0. The summed E-state index contributed by atoms with van der Waals surface area (Å²) in [5, 5.41) is 12.4. The Hall–Kier alpha value is -3.79. The van der Waals surface area contributed by atoms with Crippen molar-refractivity contribution in [2.75, 3.05) is 6.54 Å². The van der Waals surface area contributed by atoms with Crippen molar-refractivity contribution in [2.45, 2.75) is 39.2 Å². The lowest BCUT2D eigenvalue weighted by atomic mass is 9.96. The SMILES string of the molecule is CC[C@@H](CNC(=O)[C@@H](C)OC(=O)c1c(C)oc(-n2cccc2)c1C#N)c1ccccc1. The summed E-state index contributed by atoms with van der Waals surface area (Å²) in [6.07, 6.45) is 3.26. The van der Waals surface area contributed by atoms with Crippen molar-refractivity contribution >= 4 is 11.9 Å². The first-order valence-electron chi connectivity index (χ1n) is 10.2. The van der Waals surface area contributed by atoms with E-state index in [0.29, 0.717) is 6.54 Å². The van der Waals surface area contributed by atoms with Crippen molar-refractivity contribution in [3.8, 4) is 12.0 Å². The van der Waals surface area contributed by atoms with E-state index in [1.54, 1.807) is 36.0 Å². The fraction of sp³-hybridized carbons (Fsp3) is 0.292. The lowest BCUT2D eigenvalue weighted by Crippen LogP contribution is -2.38. The number of aromatic nitrogens is 1. The van der Waals surface area contributed by atoms with Gasteiger partial charge in [-0.3, -0.25) is 9.36 Å². The van der Waals surface area contributed by atoms with E-state index < -0.39 is 18.0 Å². The van der Waals surface area contributed by atoms with Crippen LogP contribution in [0.1, 0.15) is 53.4 Å². The molecule has 3 aromatic rings. The van der Waals surface area contributed by atoms with E-state index >= 15 is 0 Å². The third-order valence-electron chi connectivity index (χ3n) is 5.16. The van der Waals surface area contributed by atoms with Crippen LogP contribution in [0.2, 0.25) is 0 Å². The summed E-state index contributed by atoms with van der Waals surface area (Å²) in [5.41, 5.74) is 1.24. The second-order valence-corrected chi connectivity index (χ2v) is 7.22. The predicted molar refractivity (Wildman–Crippen MR) is 115 cm³/mol. The van der Waals surface area contributed by atoms with Crippen molar-refractivity contribution in [1.29, 1.82) is 5.26 Å². The van der Waals surface area contributed by atoms with E-state index in [2.05, 4.69) is 12.2 Å². The van der Waals surface area contributed by atoms with E-state index in [-0.39, 0.29) is 28.7 Å². The van der Waals surface area contributed by atoms with Crippen molar-refractivity contribution < 1.29 is 18.7 Å². The summed E-state index contributed by atoms with van der Waals surface area (Å²) in [6, 6.07) is 15.5. The minimum atomic E-state index is -1.02. The van der Waals surface area contributed by atoms with Gasteiger partial charge in [-0.15, -0.1) is 0 Å². The minimum Gasteiger partial charge on any atom is -0.449 e. The van der Waals surface area contributed by atoms with Gasteiger partial charge >= 0.3 is 5.97 Å². The molecule has 0 spiro atoms. The highest BCUT2D eigenvalue weighted by molar-refractivity contribution is 5.96. The number of carbonyl (C=O) groups excluding carboxylic acids is 2. The molecular formula is C24H25N3O4. The highest BCUT2D eigenvalue weighted by atomic mass is 16.5. The molecule has 0 fully saturated rings. The van der Waals surface area contributed by atoms with Gasteiger partial charge in [0.25, 0.3) is 5.91 Å². The number of nitrogens with one attached hydrogen (secondary N) is 1. The van der Waals surface area contributed by atoms with Crippen LogP contribution in [0.4, 0.5) is 0 Å². The molecule has 31 heavy (non-hydrogen) atoms. The first-order valence-corrected chi connectivity index (χ1v) is 10.2. The fourth-order valence-electron chi connectivity index (χ4n) is 3.39. The molecule has 7 nitrogen and oxygen atoms in total. The van der Waals surface area contributed by atoms with Crippen LogP contribution < -0.4 is 5.32 Å². The largest absolute Gasteiger partial charge is 0.449 e. The van der Waals surface area contributed by atoms with Crippen molar-refractivity contribution in [3.05, 3.63) is 77.3 Å². The van der Waals surface area contributed by atoms with E-state index in [1.165, 1.54) is 6.92 Å². The summed E-state index contributed by atoms with van der Waals surface area (Å²) < 4.78 is 12.6. The first kappa shape index (κ1) is 21.9. The van der Waals surface area contributed by atoms with Crippen LogP contribution in [0.25, 0.3) is 5.88 Å². The van der Waals surface area contributed by atoms with Gasteiger partial charge in [0.05, 0.1) is 0 Å². The lowest BCUT2D eigenvalue weighted by Gasteiger charge is -2.18. The molecule has 0 saturated carbocycles. The van der Waals surface area contributed by atoms with Crippen LogP contribution >= 0.6 is 0 Å². The van der Waals surface area contributed by atoms with Crippen LogP contribution in [0.5, 0.6) is 0 Å². The summed E-state index contributed by atoms with van der Waals surface area (Å²) in [7, 11) is 0. The highest BCUT2D eigenvalue weighted by Gasteiger charge is 2.28.